The van der Waals surface area contributed by atoms with Crippen LogP contribution in [-0.4, -0.2) is 39.6 Å². The third kappa shape index (κ3) is 4.23. The van der Waals surface area contributed by atoms with Crippen molar-refractivity contribution in [3.8, 4) is 0 Å². The largest absolute Gasteiger partial charge is 0.305 e. The van der Waals surface area contributed by atoms with Gasteiger partial charge in [0.25, 0.3) is 0 Å². The minimum atomic E-state index is -3.94. The highest BCUT2D eigenvalue weighted by molar-refractivity contribution is 7.96. The van der Waals surface area contributed by atoms with E-state index in [2.05, 4.69) is 5.32 Å². The molecule has 5 nitrogen and oxygen atoms in total. The van der Waals surface area contributed by atoms with E-state index in [1.807, 2.05) is 37.3 Å². The number of aryl methyl sites for hydroxylation is 1. The van der Waals surface area contributed by atoms with Crippen LogP contribution in [0.3, 0.4) is 0 Å². The molecule has 1 heterocycles. The summed E-state index contributed by atoms with van der Waals surface area (Å²) in [6, 6.07) is 11.9. The lowest BCUT2D eigenvalue weighted by Crippen LogP contribution is -2.44. The first-order chi connectivity index (χ1) is 12.6. The van der Waals surface area contributed by atoms with E-state index in [9.17, 15) is 21.2 Å². The van der Waals surface area contributed by atoms with E-state index in [4.69, 9.17) is 0 Å². The number of hydrogen-bond donors (Lipinski definition) is 1. The van der Waals surface area contributed by atoms with Gasteiger partial charge in [-0.25, -0.2) is 21.2 Å². The van der Waals surface area contributed by atoms with Crippen molar-refractivity contribution < 1.29 is 21.2 Å². The topological polar surface area (TPSA) is 80.3 Å². The molecule has 1 aliphatic heterocycles. The van der Waals surface area contributed by atoms with Crippen LogP contribution >= 0.6 is 0 Å². The zero-order chi connectivity index (χ0) is 19.8. The Hall–Kier alpha value is -1.77. The fourth-order valence-corrected chi connectivity index (χ4v) is 8.43. The van der Waals surface area contributed by atoms with Gasteiger partial charge >= 0.3 is 0 Å². The lowest BCUT2D eigenvalue weighted by atomic mass is 10.1. The molecule has 1 aliphatic rings. The van der Waals surface area contributed by atoms with Gasteiger partial charge in [-0.2, -0.15) is 0 Å². The molecule has 0 aliphatic carbocycles. The van der Waals surface area contributed by atoms with Crippen LogP contribution < -0.4 is 5.32 Å². The number of halogens is 1. The molecule has 0 aromatic heterocycles. The van der Waals surface area contributed by atoms with Gasteiger partial charge in [0.15, 0.2) is 19.7 Å². The Bertz CT molecular complexity index is 1040. The van der Waals surface area contributed by atoms with Crippen molar-refractivity contribution in [2.75, 3.05) is 11.5 Å². The Balaban J connectivity index is 1.94. The number of benzene rings is 2. The van der Waals surface area contributed by atoms with Crippen LogP contribution in [0.15, 0.2) is 53.4 Å². The summed E-state index contributed by atoms with van der Waals surface area (Å²) in [7, 11) is -7.44. The third-order valence-corrected chi connectivity index (χ3v) is 9.21. The van der Waals surface area contributed by atoms with E-state index in [1.54, 1.807) is 0 Å². The van der Waals surface area contributed by atoms with Gasteiger partial charge in [0.05, 0.1) is 21.7 Å². The van der Waals surface area contributed by atoms with Crippen molar-refractivity contribution in [2.24, 2.45) is 0 Å². The van der Waals surface area contributed by atoms with Gasteiger partial charge in [0.2, 0.25) is 0 Å². The molecule has 0 amide bonds. The number of sulfone groups is 2. The second kappa shape index (κ2) is 7.33. The first-order valence-corrected chi connectivity index (χ1v) is 12.0. The van der Waals surface area contributed by atoms with E-state index >= 15 is 0 Å². The maximum absolute atomic E-state index is 13.4. The second-order valence-corrected chi connectivity index (χ2v) is 11.3. The van der Waals surface area contributed by atoms with Crippen molar-refractivity contribution in [3.63, 3.8) is 0 Å². The molecule has 2 aromatic rings. The van der Waals surface area contributed by atoms with Gasteiger partial charge in [0.1, 0.15) is 5.82 Å². The molecule has 2 aromatic carbocycles. The molecule has 8 heteroatoms. The second-order valence-electron chi connectivity index (χ2n) is 6.98. The molecular weight excluding hydrogens is 389 g/mol. The fourth-order valence-electron chi connectivity index (χ4n) is 3.53. The molecule has 1 N–H and O–H groups in total. The van der Waals surface area contributed by atoms with Gasteiger partial charge in [-0.1, -0.05) is 30.3 Å². The maximum Gasteiger partial charge on any atom is 0.184 e. The van der Waals surface area contributed by atoms with E-state index < -0.39 is 42.5 Å². The van der Waals surface area contributed by atoms with Crippen LogP contribution in [0.1, 0.15) is 24.1 Å². The molecular formula is C19H22FNO4S2. The summed E-state index contributed by atoms with van der Waals surface area (Å²) in [5.41, 5.74) is 1.21. The molecule has 0 saturated carbocycles. The average molecular weight is 412 g/mol. The summed E-state index contributed by atoms with van der Waals surface area (Å²) < 4.78 is 64.1. The maximum atomic E-state index is 13.4. The normalized spacial score (nSPS) is 23.2. The Morgan fingerprint density at radius 2 is 1.78 bits per heavy atom. The highest BCUT2D eigenvalue weighted by Crippen LogP contribution is 2.29. The predicted molar refractivity (Wildman–Crippen MR) is 103 cm³/mol. The molecule has 1 fully saturated rings. The molecule has 1 unspecified atom stereocenters. The Morgan fingerprint density at radius 3 is 2.41 bits per heavy atom. The van der Waals surface area contributed by atoms with Gasteiger partial charge in [-0.15, -0.1) is 0 Å². The fraction of sp³-hybridized carbons (Fsp3) is 0.368. The van der Waals surface area contributed by atoms with Crippen LogP contribution in [0.2, 0.25) is 0 Å². The minimum Gasteiger partial charge on any atom is -0.305 e. The summed E-state index contributed by atoms with van der Waals surface area (Å²) in [6.45, 7) is 3.38. The zero-order valence-electron chi connectivity index (χ0n) is 15.1. The first-order valence-electron chi connectivity index (χ1n) is 8.61. The van der Waals surface area contributed by atoms with Crippen molar-refractivity contribution in [1.29, 1.82) is 0 Å². The molecule has 0 radical (unpaired) electrons. The molecule has 0 spiro atoms. The zero-order valence-corrected chi connectivity index (χ0v) is 16.7. The molecule has 3 atom stereocenters. The summed E-state index contributed by atoms with van der Waals surface area (Å²) in [4.78, 5) is -0.0230. The molecule has 0 bridgehead atoms. The van der Waals surface area contributed by atoms with Crippen LogP contribution in [0.5, 0.6) is 0 Å². The highest BCUT2D eigenvalue weighted by Gasteiger charge is 2.46. The van der Waals surface area contributed by atoms with Gasteiger partial charge in [-0.05, 0) is 43.2 Å². The van der Waals surface area contributed by atoms with E-state index in [0.29, 0.717) is 0 Å². The molecule has 3 rings (SSSR count). The summed E-state index contributed by atoms with van der Waals surface area (Å²) in [6.07, 6.45) is 0. The van der Waals surface area contributed by atoms with Crippen LogP contribution in [-0.2, 0) is 19.7 Å². The lowest BCUT2D eigenvalue weighted by Gasteiger charge is -2.24. The monoisotopic (exact) mass is 411 g/mol. The van der Waals surface area contributed by atoms with Crippen LogP contribution in [0, 0.1) is 12.7 Å². The number of rotatable bonds is 5. The summed E-state index contributed by atoms with van der Waals surface area (Å²) in [5.74, 6) is -1.21. The highest BCUT2D eigenvalue weighted by atomic mass is 32.2. The Kier molecular flexibility index (Phi) is 5.42. The predicted octanol–water partition coefficient (Wildman–Crippen LogP) is 2.42. The molecule has 1 saturated heterocycles. The summed E-state index contributed by atoms with van der Waals surface area (Å²) in [5, 5.41) is 2.06. The quantitative estimate of drug-likeness (QED) is 0.765. The van der Waals surface area contributed by atoms with E-state index in [-0.39, 0.29) is 22.3 Å². The Morgan fingerprint density at radius 1 is 1.11 bits per heavy atom. The van der Waals surface area contributed by atoms with Crippen molar-refractivity contribution in [1.82, 2.24) is 5.32 Å². The Labute approximate surface area is 159 Å². The number of nitrogens with one attached hydrogen (secondary N) is 1. The summed E-state index contributed by atoms with van der Waals surface area (Å²) >= 11 is 0. The smallest absolute Gasteiger partial charge is 0.184 e. The standard InChI is InChI=1S/C19H22FNO4S2/c1-13-10-16(20)8-9-18(13)27(24,25)19-12-26(22,23)11-17(19)21-14(2)15-6-4-3-5-7-15/h3-10,14,17,19,21H,11-12H2,1-2H3/t14?,17-,19-/m0/s1. The van der Waals surface area contributed by atoms with Crippen LogP contribution in [0.4, 0.5) is 4.39 Å². The van der Waals surface area contributed by atoms with Crippen LogP contribution in [0.25, 0.3) is 0 Å². The van der Waals surface area contributed by atoms with Crippen molar-refractivity contribution in [3.05, 3.63) is 65.5 Å². The first kappa shape index (κ1) is 20.0. The number of hydrogen-bond acceptors (Lipinski definition) is 5. The van der Waals surface area contributed by atoms with Gasteiger partial charge < -0.3 is 5.32 Å². The SMILES string of the molecule is Cc1cc(F)ccc1S(=O)(=O)[C@H]1CS(=O)(=O)C[C@@H]1NC(C)c1ccccc1. The average Bonchev–Trinajstić information content (AvgIpc) is 2.90. The van der Waals surface area contributed by atoms with Crippen molar-refractivity contribution >= 4 is 19.7 Å². The third-order valence-electron chi connectivity index (χ3n) is 4.91. The van der Waals surface area contributed by atoms with E-state index in [0.717, 1.165) is 17.7 Å². The van der Waals surface area contributed by atoms with E-state index in [1.165, 1.54) is 13.0 Å². The van der Waals surface area contributed by atoms with Gasteiger partial charge in [0, 0.05) is 12.1 Å². The lowest BCUT2D eigenvalue weighted by molar-refractivity contribution is 0.475. The van der Waals surface area contributed by atoms with Crippen molar-refractivity contribution in [2.45, 2.75) is 36.1 Å². The minimum absolute atomic E-state index is 0.0230. The molecule has 146 valence electrons. The molecule has 27 heavy (non-hydrogen) atoms. The van der Waals surface area contributed by atoms with Gasteiger partial charge in [-0.3, -0.25) is 0 Å².